The van der Waals surface area contributed by atoms with Crippen LogP contribution in [0.15, 0.2) is 109 Å². The number of rotatable bonds is 19. The number of amides is 2. The van der Waals surface area contributed by atoms with Crippen LogP contribution in [0.3, 0.4) is 0 Å². The van der Waals surface area contributed by atoms with Gasteiger partial charge in [0.05, 0.1) is 5.56 Å². The Morgan fingerprint density at radius 2 is 1.25 bits per heavy atom. The van der Waals surface area contributed by atoms with E-state index in [1.165, 1.54) is 12.1 Å². The molecule has 4 aromatic rings. The number of hydrogen-bond acceptors (Lipinski definition) is 10. The summed E-state index contributed by atoms with van der Waals surface area (Å²) in [6.07, 6.45) is -9.72. The van der Waals surface area contributed by atoms with Crippen LogP contribution in [-0.2, 0) is 48.0 Å². The van der Waals surface area contributed by atoms with E-state index in [4.69, 9.17) is 21.2 Å². The molecule has 0 radical (unpaired) electrons. The Bertz CT molecular complexity index is 2050. The van der Waals surface area contributed by atoms with Gasteiger partial charge in [0.1, 0.15) is 17.9 Å². The van der Waals surface area contributed by atoms with Crippen LogP contribution in [0.5, 0.6) is 5.75 Å². The molecule has 0 bridgehead atoms. The molecule has 0 saturated heterocycles. The van der Waals surface area contributed by atoms with Crippen molar-refractivity contribution in [3.63, 3.8) is 0 Å². The molecule has 0 spiro atoms. The minimum absolute atomic E-state index is 0.0239. The Hall–Kier alpha value is -6.09. The number of halogens is 7. The fourth-order valence-corrected chi connectivity index (χ4v) is 5.64. The third-order valence-electron chi connectivity index (χ3n) is 8.60. The van der Waals surface area contributed by atoms with Gasteiger partial charge in [-0.3, -0.25) is 14.5 Å². The summed E-state index contributed by atoms with van der Waals surface area (Å²) in [6.45, 7) is -3.33. The van der Waals surface area contributed by atoms with Crippen molar-refractivity contribution in [2.24, 2.45) is 11.5 Å². The first-order chi connectivity index (χ1) is 27.8. The quantitative estimate of drug-likeness (QED) is 0.0443. The zero-order chi connectivity index (χ0) is 43.5. The molecule has 13 nitrogen and oxygen atoms in total. The number of aliphatic hydroxyl groups is 1. The van der Waals surface area contributed by atoms with Crippen molar-refractivity contribution in [3.05, 3.63) is 137 Å². The number of ether oxygens (including phenoxy) is 1. The van der Waals surface area contributed by atoms with E-state index in [0.29, 0.717) is 29.3 Å². The minimum atomic E-state index is -5.07. The van der Waals surface area contributed by atoms with Crippen molar-refractivity contribution in [2.45, 2.75) is 67.9 Å². The molecule has 59 heavy (non-hydrogen) atoms. The van der Waals surface area contributed by atoms with E-state index in [9.17, 15) is 51.3 Å². The van der Waals surface area contributed by atoms with Crippen LogP contribution < -0.4 is 26.8 Å². The lowest BCUT2D eigenvalue weighted by Gasteiger charge is -2.29. The third-order valence-corrected chi connectivity index (χ3v) is 8.60. The number of benzene rings is 4. The monoisotopic (exact) mass is 838 g/mol. The molecular formula is C39H37F7N4O9. The van der Waals surface area contributed by atoms with E-state index < -0.39 is 95.7 Å². The summed E-state index contributed by atoms with van der Waals surface area (Å²) < 4.78 is 101. The highest BCUT2D eigenvalue weighted by atomic mass is 19.4. The van der Waals surface area contributed by atoms with Gasteiger partial charge in [0.25, 0.3) is 11.8 Å². The van der Waals surface area contributed by atoms with Crippen molar-refractivity contribution >= 4 is 23.8 Å². The first-order valence-corrected chi connectivity index (χ1v) is 17.4. The van der Waals surface area contributed by atoms with E-state index in [-0.39, 0.29) is 24.5 Å². The fraction of sp³-hybridized carbons (Fsp3) is 0.282. The molecule has 0 saturated carbocycles. The molecular weight excluding hydrogens is 801 g/mol. The summed E-state index contributed by atoms with van der Waals surface area (Å²) in [5.41, 5.74) is 10.6. The highest BCUT2D eigenvalue weighted by molar-refractivity contribution is 5.88. The van der Waals surface area contributed by atoms with Gasteiger partial charge in [-0.25, -0.2) is 9.59 Å². The fourth-order valence-electron chi connectivity index (χ4n) is 5.64. The van der Waals surface area contributed by atoms with Crippen LogP contribution in [0.25, 0.3) is 0 Å². The molecule has 0 aliphatic carbocycles. The van der Waals surface area contributed by atoms with Gasteiger partial charge in [0.2, 0.25) is 0 Å². The second-order valence-corrected chi connectivity index (χ2v) is 13.0. The van der Waals surface area contributed by atoms with E-state index in [1.807, 2.05) is 0 Å². The molecule has 2 amide bonds. The Balaban J connectivity index is 1.67. The van der Waals surface area contributed by atoms with Crippen molar-refractivity contribution in [3.8, 4) is 5.75 Å². The van der Waals surface area contributed by atoms with Gasteiger partial charge in [0, 0.05) is 12.1 Å². The molecule has 4 aromatic carbocycles. The molecule has 8 N–H and O–H groups in total. The van der Waals surface area contributed by atoms with E-state index in [0.717, 1.165) is 24.3 Å². The third kappa shape index (κ3) is 12.7. The van der Waals surface area contributed by atoms with Crippen molar-refractivity contribution < 1.29 is 74.6 Å². The number of nitrogens with two attached hydrogens (primary N) is 2. The van der Waals surface area contributed by atoms with Gasteiger partial charge in [-0.1, -0.05) is 84.9 Å². The number of nitrogens with one attached hydrogen (secondary N) is 2. The van der Waals surface area contributed by atoms with Crippen LogP contribution >= 0.6 is 0 Å². The van der Waals surface area contributed by atoms with E-state index in [1.54, 1.807) is 53.8 Å². The van der Waals surface area contributed by atoms with E-state index >= 15 is 8.78 Å². The van der Waals surface area contributed by atoms with Crippen molar-refractivity contribution in [2.75, 3.05) is 0 Å². The summed E-state index contributed by atoms with van der Waals surface area (Å²) in [4.78, 5) is 62.3. The Morgan fingerprint density at radius 3 is 1.81 bits per heavy atom. The van der Waals surface area contributed by atoms with Gasteiger partial charge >= 0.3 is 30.6 Å². The topological polar surface area (TPSA) is 213 Å². The van der Waals surface area contributed by atoms with Gasteiger partial charge < -0.3 is 37.1 Å². The molecule has 6 atom stereocenters. The number of carboxylic acids is 1. The largest absolute Gasteiger partial charge is 0.477 e. The molecule has 20 heteroatoms. The first-order valence-electron chi connectivity index (χ1n) is 17.4. The summed E-state index contributed by atoms with van der Waals surface area (Å²) in [5.74, 6) is -12.9. The number of carbonyl (C=O) groups is 4. The zero-order valence-electron chi connectivity index (χ0n) is 30.4. The average Bonchev–Trinajstić information content (AvgIpc) is 3.18. The highest BCUT2D eigenvalue weighted by Crippen LogP contribution is 2.36. The molecule has 0 aliphatic heterocycles. The molecule has 0 aromatic heterocycles. The molecule has 4 rings (SSSR count). The lowest BCUT2D eigenvalue weighted by Crippen LogP contribution is -2.54. The maximum atomic E-state index is 15.2. The van der Waals surface area contributed by atoms with Gasteiger partial charge in [-0.05, 0) is 59.4 Å². The summed E-state index contributed by atoms with van der Waals surface area (Å²) in [7, 11) is 0. The maximum absolute atomic E-state index is 15.2. The molecule has 316 valence electrons. The van der Waals surface area contributed by atoms with Gasteiger partial charge in [0.15, 0.2) is 12.1 Å². The zero-order valence-corrected chi connectivity index (χ0v) is 30.4. The first kappa shape index (κ1) is 45.6. The smallest absolute Gasteiger partial charge is 0.416 e. The molecule has 2 unspecified atom stereocenters. The minimum Gasteiger partial charge on any atom is -0.477 e. The predicted molar refractivity (Wildman–Crippen MR) is 192 cm³/mol. The van der Waals surface area contributed by atoms with Crippen LogP contribution in [0, 0.1) is 0 Å². The standard InChI is InChI=1S/C39H37F7N4O9/c40-37(41)57-26-16-8-13-23(20-26)29(49-33(52)30(51)27(47)17-21-9-3-1-4-10-21)35(54)59-58-31(28(48)18-22-11-5-2-6-12-22)34(53)50-32(38(42,43)36(55)56)24-14-7-15-25(19-24)39(44,45)46/h1-16,19-20,27-32,37,51H,17-18,47-48H2,(H,49,52)(H,50,53)(H,55,56)/t27-,28-,29?,30+,31+,32?/m1/s1. The molecule has 0 fully saturated rings. The number of hydrogen-bond donors (Lipinski definition) is 6. The summed E-state index contributed by atoms with van der Waals surface area (Å²) in [6, 6.07) is 14.6. The average molecular weight is 839 g/mol. The normalized spacial score (nSPS) is 14.9. The molecule has 0 heterocycles. The van der Waals surface area contributed by atoms with Crippen molar-refractivity contribution in [1.82, 2.24) is 10.6 Å². The van der Waals surface area contributed by atoms with Crippen LogP contribution in [0.2, 0.25) is 0 Å². The summed E-state index contributed by atoms with van der Waals surface area (Å²) >= 11 is 0. The SMILES string of the molecule is N[C@H](Cc1ccccc1)[C@H](O)C(=O)NC(C(=O)OO[C@H](C(=O)NC(c1cccc(C(F)(F)F)c1)C(F)(F)C(=O)O)[C@H](N)Cc1ccccc1)c1cccc(OC(F)F)c1. The number of aliphatic carboxylic acids is 1. The summed E-state index contributed by atoms with van der Waals surface area (Å²) in [5, 5.41) is 23.9. The highest BCUT2D eigenvalue weighted by Gasteiger charge is 2.51. The Labute approximate surface area is 331 Å². The van der Waals surface area contributed by atoms with Gasteiger partial charge in [-0.2, -0.15) is 35.6 Å². The van der Waals surface area contributed by atoms with Crippen LogP contribution in [-0.4, -0.2) is 70.8 Å². The number of carbonyl (C=O) groups excluding carboxylic acids is 3. The number of alkyl halides is 7. The Morgan fingerprint density at radius 1 is 0.695 bits per heavy atom. The van der Waals surface area contributed by atoms with Gasteiger partial charge in [-0.15, -0.1) is 0 Å². The second kappa shape index (κ2) is 20.1. The number of carboxylic acid groups (broad SMARTS) is 1. The van der Waals surface area contributed by atoms with Crippen LogP contribution in [0.1, 0.15) is 39.9 Å². The predicted octanol–water partition coefficient (Wildman–Crippen LogP) is 4.39. The van der Waals surface area contributed by atoms with Crippen LogP contribution in [0.4, 0.5) is 30.7 Å². The lowest BCUT2D eigenvalue weighted by atomic mass is 9.96. The number of aliphatic hydroxyl groups excluding tert-OH is 1. The van der Waals surface area contributed by atoms with Crippen molar-refractivity contribution in [1.29, 1.82) is 0 Å². The lowest BCUT2D eigenvalue weighted by molar-refractivity contribution is -0.296. The molecule has 0 aliphatic rings. The second-order valence-electron chi connectivity index (χ2n) is 13.0. The van der Waals surface area contributed by atoms with E-state index in [2.05, 4.69) is 10.1 Å². The Kier molecular flexibility index (Phi) is 15.5. The maximum Gasteiger partial charge on any atom is 0.416 e.